The topological polar surface area (TPSA) is 9.23 Å². The molecule has 0 saturated carbocycles. The van der Waals surface area contributed by atoms with Crippen LogP contribution < -0.4 is 4.74 Å². The Bertz CT molecular complexity index is 566. The Morgan fingerprint density at radius 1 is 1.11 bits per heavy atom. The van der Waals surface area contributed by atoms with Gasteiger partial charge in [0.2, 0.25) is 5.82 Å². The zero-order chi connectivity index (χ0) is 13.8. The summed E-state index contributed by atoms with van der Waals surface area (Å²) >= 11 is 1.39. The Balaban J connectivity index is 2.27. The second-order valence-electron chi connectivity index (χ2n) is 4.04. The van der Waals surface area contributed by atoms with E-state index in [4.69, 9.17) is 4.74 Å². The molecule has 0 atom stereocenters. The molecule has 1 nitrogen and oxygen atoms in total. The Morgan fingerprint density at radius 3 is 2.53 bits per heavy atom. The molecule has 5 heteroatoms. The molecule has 0 aliphatic carbocycles. The summed E-state index contributed by atoms with van der Waals surface area (Å²) in [6, 6.07) is 6.46. The highest BCUT2D eigenvalue weighted by molar-refractivity contribution is 7.15. The van der Waals surface area contributed by atoms with E-state index in [2.05, 4.69) is 0 Å². The molecule has 0 aliphatic rings. The maximum absolute atomic E-state index is 13.9. The third-order valence-electron chi connectivity index (χ3n) is 2.59. The van der Waals surface area contributed by atoms with Gasteiger partial charge in [-0.3, -0.25) is 4.39 Å². The third kappa shape index (κ3) is 3.10. The summed E-state index contributed by atoms with van der Waals surface area (Å²) in [4.78, 5) is 1.70. The molecular weight excluding hydrogens is 273 g/mol. The average Bonchev–Trinajstić information content (AvgIpc) is 2.81. The molecule has 1 aromatic carbocycles. The van der Waals surface area contributed by atoms with Crippen molar-refractivity contribution in [1.29, 1.82) is 0 Å². The fourth-order valence-electron chi connectivity index (χ4n) is 1.65. The first-order chi connectivity index (χ1) is 9.13. The van der Waals surface area contributed by atoms with Crippen molar-refractivity contribution in [2.24, 2.45) is 0 Å². The number of benzene rings is 1. The largest absolute Gasteiger partial charge is 0.490 e. The van der Waals surface area contributed by atoms with Crippen molar-refractivity contribution in [2.75, 3.05) is 13.3 Å². The second-order valence-corrected chi connectivity index (χ2v) is 5.33. The highest BCUT2D eigenvalue weighted by Gasteiger charge is 2.16. The number of alkyl halides is 1. The molecule has 19 heavy (non-hydrogen) atoms. The van der Waals surface area contributed by atoms with Crippen molar-refractivity contribution in [3.63, 3.8) is 0 Å². The number of halogens is 3. The van der Waals surface area contributed by atoms with Crippen LogP contribution in [0.5, 0.6) is 5.75 Å². The van der Waals surface area contributed by atoms with Gasteiger partial charge in [-0.05, 0) is 31.2 Å². The van der Waals surface area contributed by atoms with Gasteiger partial charge in [0.1, 0.15) is 0 Å². The second kappa shape index (κ2) is 6.10. The normalized spacial score (nSPS) is 10.7. The molecule has 0 spiro atoms. The van der Waals surface area contributed by atoms with Crippen LogP contribution in [0.1, 0.15) is 11.3 Å². The summed E-state index contributed by atoms with van der Waals surface area (Å²) in [5.74, 6) is -2.13. The first-order valence-corrected chi connectivity index (χ1v) is 6.68. The standard InChI is InChI=1S/C14H13F3OS/c1-9-3-6-12(19-9)10-4-5-11(14(17)13(10)16)18-8-2-7-15/h3-6H,2,7-8H2,1H3. The van der Waals surface area contributed by atoms with Gasteiger partial charge in [-0.15, -0.1) is 11.3 Å². The predicted molar refractivity (Wildman–Crippen MR) is 70.5 cm³/mol. The molecule has 0 unspecified atom stereocenters. The van der Waals surface area contributed by atoms with Gasteiger partial charge in [0, 0.05) is 21.7 Å². The number of rotatable bonds is 5. The van der Waals surface area contributed by atoms with Gasteiger partial charge < -0.3 is 4.74 Å². The van der Waals surface area contributed by atoms with Gasteiger partial charge in [-0.25, -0.2) is 4.39 Å². The van der Waals surface area contributed by atoms with Gasteiger partial charge in [-0.1, -0.05) is 0 Å². The molecule has 0 saturated heterocycles. The molecule has 0 N–H and O–H groups in total. The van der Waals surface area contributed by atoms with E-state index >= 15 is 0 Å². The van der Waals surface area contributed by atoms with E-state index in [1.54, 1.807) is 6.07 Å². The van der Waals surface area contributed by atoms with Gasteiger partial charge in [0.05, 0.1) is 13.3 Å². The number of hydrogen-bond acceptors (Lipinski definition) is 2. The van der Waals surface area contributed by atoms with E-state index in [1.165, 1.54) is 23.5 Å². The maximum atomic E-state index is 13.9. The van der Waals surface area contributed by atoms with Crippen molar-refractivity contribution in [2.45, 2.75) is 13.3 Å². The van der Waals surface area contributed by atoms with Crippen LogP contribution in [0.15, 0.2) is 24.3 Å². The van der Waals surface area contributed by atoms with E-state index in [9.17, 15) is 13.2 Å². The fraction of sp³-hybridized carbons (Fsp3) is 0.286. The Labute approximate surface area is 113 Å². The molecule has 0 radical (unpaired) electrons. The van der Waals surface area contributed by atoms with E-state index in [-0.39, 0.29) is 24.3 Å². The summed E-state index contributed by atoms with van der Waals surface area (Å²) in [5, 5.41) is 0. The Morgan fingerprint density at radius 2 is 1.89 bits per heavy atom. The monoisotopic (exact) mass is 286 g/mol. The van der Waals surface area contributed by atoms with Gasteiger partial charge >= 0.3 is 0 Å². The SMILES string of the molecule is Cc1ccc(-c2ccc(OCCCF)c(F)c2F)s1. The molecule has 0 aliphatic heterocycles. The van der Waals surface area contributed by atoms with Crippen LogP contribution in [-0.4, -0.2) is 13.3 Å². The maximum Gasteiger partial charge on any atom is 0.201 e. The van der Waals surface area contributed by atoms with E-state index in [0.717, 1.165) is 4.88 Å². The van der Waals surface area contributed by atoms with Crippen molar-refractivity contribution >= 4 is 11.3 Å². The zero-order valence-electron chi connectivity index (χ0n) is 10.4. The third-order valence-corrected chi connectivity index (χ3v) is 3.62. The molecule has 2 aromatic rings. The number of thiophene rings is 1. The molecule has 1 aromatic heterocycles. The fourth-order valence-corrected chi connectivity index (χ4v) is 2.54. The van der Waals surface area contributed by atoms with Crippen molar-refractivity contribution in [1.82, 2.24) is 0 Å². The van der Waals surface area contributed by atoms with Crippen LogP contribution in [0.25, 0.3) is 10.4 Å². The predicted octanol–water partition coefficient (Wildman–Crippen LogP) is 4.74. The van der Waals surface area contributed by atoms with E-state index < -0.39 is 18.3 Å². The lowest BCUT2D eigenvalue weighted by atomic mass is 10.1. The smallest absolute Gasteiger partial charge is 0.201 e. The van der Waals surface area contributed by atoms with Crippen molar-refractivity contribution < 1.29 is 17.9 Å². The quantitative estimate of drug-likeness (QED) is 0.721. The highest BCUT2D eigenvalue weighted by Crippen LogP contribution is 2.33. The number of ether oxygens (including phenoxy) is 1. The van der Waals surface area contributed by atoms with E-state index in [1.807, 2.05) is 13.0 Å². The molecule has 0 fully saturated rings. The average molecular weight is 286 g/mol. The van der Waals surface area contributed by atoms with Crippen LogP contribution >= 0.6 is 11.3 Å². The lowest BCUT2D eigenvalue weighted by Crippen LogP contribution is -2.02. The Hall–Kier alpha value is -1.49. The summed E-state index contributed by atoms with van der Waals surface area (Å²) in [6.07, 6.45) is 0.160. The van der Waals surface area contributed by atoms with Gasteiger partial charge in [-0.2, -0.15) is 4.39 Å². The summed E-state index contributed by atoms with van der Waals surface area (Å²) in [6.45, 7) is 1.39. The minimum atomic E-state index is -1.03. The molecule has 2 rings (SSSR count). The Kier molecular flexibility index (Phi) is 4.47. The molecule has 102 valence electrons. The summed E-state index contributed by atoms with van der Waals surface area (Å²) in [7, 11) is 0. The van der Waals surface area contributed by atoms with Crippen LogP contribution in [0.3, 0.4) is 0 Å². The van der Waals surface area contributed by atoms with Crippen LogP contribution in [0.4, 0.5) is 13.2 Å². The van der Waals surface area contributed by atoms with E-state index in [0.29, 0.717) is 4.88 Å². The lowest BCUT2D eigenvalue weighted by molar-refractivity contribution is 0.273. The molecule has 0 amide bonds. The first kappa shape index (κ1) is 13.9. The zero-order valence-corrected chi connectivity index (χ0v) is 11.2. The first-order valence-electron chi connectivity index (χ1n) is 5.87. The van der Waals surface area contributed by atoms with Crippen LogP contribution in [0.2, 0.25) is 0 Å². The number of aryl methyl sites for hydroxylation is 1. The lowest BCUT2D eigenvalue weighted by Gasteiger charge is -2.08. The van der Waals surface area contributed by atoms with Gasteiger partial charge in [0.15, 0.2) is 11.6 Å². The van der Waals surface area contributed by atoms with Gasteiger partial charge in [0.25, 0.3) is 0 Å². The van der Waals surface area contributed by atoms with Crippen molar-refractivity contribution in [3.8, 4) is 16.2 Å². The summed E-state index contributed by atoms with van der Waals surface area (Å²) < 4.78 is 44.7. The van der Waals surface area contributed by atoms with Crippen LogP contribution in [-0.2, 0) is 0 Å². The molecule has 0 bridgehead atoms. The summed E-state index contributed by atoms with van der Waals surface area (Å²) in [5.41, 5.74) is 0.216. The molecular formula is C14H13F3OS. The number of hydrogen-bond donors (Lipinski definition) is 0. The van der Waals surface area contributed by atoms with Crippen molar-refractivity contribution in [3.05, 3.63) is 40.8 Å². The minimum Gasteiger partial charge on any atom is -0.490 e. The highest BCUT2D eigenvalue weighted by atomic mass is 32.1. The van der Waals surface area contributed by atoms with Crippen LogP contribution in [0, 0.1) is 18.6 Å². The molecule has 1 heterocycles. The minimum absolute atomic E-state index is 0.0321.